The smallest absolute Gasteiger partial charge is 0.258 e. The molecule has 2 N–H and O–H groups in total. The van der Waals surface area contributed by atoms with E-state index >= 15 is 0 Å². The lowest BCUT2D eigenvalue weighted by molar-refractivity contribution is -0.129. The number of Topliss-reactive ketones (excluding diaryl/α,β-unsaturated/α-hetero) is 1. The van der Waals surface area contributed by atoms with Crippen LogP contribution in [0, 0.1) is 6.92 Å². The lowest BCUT2D eigenvalue weighted by Gasteiger charge is -2.10. The Labute approximate surface area is 169 Å². The molecule has 3 rings (SSSR count). The van der Waals surface area contributed by atoms with Crippen LogP contribution in [0.25, 0.3) is 11.0 Å². The zero-order chi connectivity index (χ0) is 20.8. The highest BCUT2D eigenvalue weighted by Crippen LogP contribution is 2.16. The Bertz CT molecular complexity index is 1040. The second kappa shape index (κ2) is 9.14. The molecule has 2 amide bonds. The van der Waals surface area contributed by atoms with Gasteiger partial charge in [0.1, 0.15) is 12.4 Å². The summed E-state index contributed by atoms with van der Waals surface area (Å²) in [6.45, 7) is 3.97. The van der Waals surface area contributed by atoms with Gasteiger partial charge in [0, 0.05) is 24.8 Å². The normalized spacial score (nSPS) is 10.7. The highest BCUT2D eigenvalue weighted by Gasteiger charge is 2.14. The maximum atomic E-state index is 12.3. The van der Waals surface area contributed by atoms with Gasteiger partial charge in [-0.1, -0.05) is 48.9 Å². The van der Waals surface area contributed by atoms with Gasteiger partial charge >= 0.3 is 0 Å². The third-order valence-corrected chi connectivity index (χ3v) is 4.65. The number of nitrogens with one attached hydrogen (secondary N) is 2. The zero-order valence-corrected chi connectivity index (χ0v) is 16.6. The predicted molar refractivity (Wildman–Crippen MR) is 110 cm³/mol. The summed E-state index contributed by atoms with van der Waals surface area (Å²) >= 11 is 0. The number of carbonyl (C=O) groups is 3. The number of imidazole rings is 1. The number of aromatic nitrogens is 2. The van der Waals surface area contributed by atoms with Gasteiger partial charge in [0.15, 0.2) is 5.78 Å². The van der Waals surface area contributed by atoms with Gasteiger partial charge in [-0.2, -0.15) is 0 Å². The standard InChI is InChI=1S/C22H24N4O3/c1-3-20-23-17-6-4-5-7-18(17)26(20)14-22(29)25-24-21(28)13-12-19(27)16-10-8-15(2)9-11-16/h4-11H,3,12-14H2,1-2H3,(H,24,28)(H,25,29). The molecule has 0 unspecified atom stereocenters. The van der Waals surface area contributed by atoms with E-state index in [0.717, 1.165) is 22.4 Å². The quantitative estimate of drug-likeness (QED) is 0.478. The fraction of sp³-hybridized carbons (Fsp3) is 0.273. The Hall–Kier alpha value is -3.48. The fourth-order valence-corrected chi connectivity index (χ4v) is 3.07. The number of para-hydroxylation sites is 2. The topological polar surface area (TPSA) is 93.1 Å². The maximum absolute atomic E-state index is 12.3. The Morgan fingerprint density at radius 2 is 1.62 bits per heavy atom. The van der Waals surface area contributed by atoms with Gasteiger partial charge < -0.3 is 4.57 Å². The first-order valence-electron chi connectivity index (χ1n) is 9.59. The second-order valence-electron chi connectivity index (χ2n) is 6.84. The van der Waals surface area contributed by atoms with Crippen molar-refractivity contribution in [1.82, 2.24) is 20.4 Å². The van der Waals surface area contributed by atoms with Crippen molar-refractivity contribution >= 4 is 28.6 Å². The van der Waals surface area contributed by atoms with Gasteiger partial charge in [-0.05, 0) is 19.1 Å². The van der Waals surface area contributed by atoms with Gasteiger partial charge in [0.25, 0.3) is 5.91 Å². The summed E-state index contributed by atoms with van der Waals surface area (Å²) < 4.78 is 1.83. The van der Waals surface area contributed by atoms with Gasteiger partial charge in [-0.15, -0.1) is 0 Å². The minimum absolute atomic E-state index is 0.00120. The Morgan fingerprint density at radius 1 is 0.931 bits per heavy atom. The summed E-state index contributed by atoms with van der Waals surface area (Å²) in [7, 11) is 0. The third-order valence-electron chi connectivity index (χ3n) is 4.65. The van der Waals surface area contributed by atoms with E-state index in [-0.39, 0.29) is 31.1 Å². The van der Waals surface area contributed by atoms with E-state index in [2.05, 4.69) is 15.8 Å². The van der Waals surface area contributed by atoms with Crippen LogP contribution in [0.4, 0.5) is 0 Å². The summed E-state index contributed by atoms with van der Waals surface area (Å²) in [6, 6.07) is 14.8. The molecule has 0 bridgehead atoms. The van der Waals surface area contributed by atoms with Crippen molar-refractivity contribution in [1.29, 1.82) is 0 Å². The van der Waals surface area contributed by atoms with Gasteiger partial charge in [-0.25, -0.2) is 4.98 Å². The molecule has 0 aliphatic heterocycles. The molecule has 0 aliphatic rings. The van der Waals surface area contributed by atoms with Crippen LogP contribution in [0.15, 0.2) is 48.5 Å². The van der Waals surface area contributed by atoms with Gasteiger partial charge in [0.2, 0.25) is 5.91 Å². The van der Waals surface area contributed by atoms with E-state index in [1.807, 2.05) is 54.8 Å². The molecule has 150 valence electrons. The lowest BCUT2D eigenvalue weighted by atomic mass is 10.1. The second-order valence-corrected chi connectivity index (χ2v) is 6.84. The summed E-state index contributed by atoms with van der Waals surface area (Å²) in [5.74, 6) is -0.0774. The number of fused-ring (bicyclic) bond motifs is 1. The van der Waals surface area contributed by atoms with E-state index in [1.54, 1.807) is 12.1 Å². The van der Waals surface area contributed by atoms with Crippen molar-refractivity contribution in [2.75, 3.05) is 0 Å². The lowest BCUT2D eigenvalue weighted by Crippen LogP contribution is -2.43. The fourth-order valence-electron chi connectivity index (χ4n) is 3.07. The van der Waals surface area contributed by atoms with Crippen molar-refractivity contribution in [3.8, 4) is 0 Å². The Kier molecular flexibility index (Phi) is 6.39. The largest absolute Gasteiger partial charge is 0.318 e. The van der Waals surface area contributed by atoms with Crippen molar-refractivity contribution in [3.05, 3.63) is 65.5 Å². The predicted octanol–water partition coefficient (Wildman–Crippen LogP) is 2.72. The molecular formula is C22H24N4O3. The molecule has 7 nitrogen and oxygen atoms in total. The number of carbonyl (C=O) groups excluding carboxylic acids is 3. The molecule has 0 saturated carbocycles. The van der Waals surface area contributed by atoms with Crippen molar-refractivity contribution in [2.45, 2.75) is 39.7 Å². The van der Waals surface area contributed by atoms with Gasteiger partial charge in [0.05, 0.1) is 11.0 Å². The van der Waals surface area contributed by atoms with Crippen molar-refractivity contribution in [2.24, 2.45) is 0 Å². The van der Waals surface area contributed by atoms with Crippen LogP contribution >= 0.6 is 0 Å². The van der Waals surface area contributed by atoms with Crippen LogP contribution in [-0.2, 0) is 22.6 Å². The van der Waals surface area contributed by atoms with Crippen LogP contribution in [0.2, 0.25) is 0 Å². The minimum Gasteiger partial charge on any atom is -0.318 e. The van der Waals surface area contributed by atoms with Crippen LogP contribution in [-0.4, -0.2) is 27.1 Å². The molecule has 0 saturated heterocycles. The first kappa shape index (κ1) is 20.3. The number of hydrogen-bond donors (Lipinski definition) is 2. The van der Waals surface area contributed by atoms with E-state index < -0.39 is 5.91 Å². The van der Waals surface area contributed by atoms with E-state index in [1.165, 1.54) is 0 Å². The number of nitrogens with zero attached hydrogens (tertiary/aromatic N) is 2. The summed E-state index contributed by atoms with van der Waals surface area (Å²) in [4.78, 5) is 40.9. The van der Waals surface area contributed by atoms with E-state index in [9.17, 15) is 14.4 Å². The first-order chi connectivity index (χ1) is 14.0. The van der Waals surface area contributed by atoms with E-state index in [0.29, 0.717) is 12.0 Å². The molecule has 0 spiro atoms. The monoisotopic (exact) mass is 392 g/mol. The molecule has 3 aromatic rings. The molecule has 1 aromatic heterocycles. The Morgan fingerprint density at radius 3 is 2.34 bits per heavy atom. The molecular weight excluding hydrogens is 368 g/mol. The number of rotatable bonds is 7. The Balaban J connectivity index is 1.50. The number of ketones is 1. The van der Waals surface area contributed by atoms with Gasteiger partial charge in [-0.3, -0.25) is 25.2 Å². The third kappa shape index (κ3) is 5.07. The molecule has 2 aromatic carbocycles. The molecule has 0 atom stereocenters. The summed E-state index contributed by atoms with van der Waals surface area (Å²) in [6.07, 6.45) is 0.771. The van der Waals surface area contributed by atoms with E-state index in [4.69, 9.17) is 0 Å². The zero-order valence-electron chi connectivity index (χ0n) is 16.6. The molecule has 0 radical (unpaired) electrons. The maximum Gasteiger partial charge on any atom is 0.258 e. The number of benzene rings is 2. The SMILES string of the molecule is CCc1nc2ccccc2n1CC(=O)NNC(=O)CCC(=O)c1ccc(C)cc1. The number of aryl methyl sites for hydroxylation is 2. The van der Waals surface area contributed by atoms with Crippen molar-refractivity contribution < 1.29 is 14.4 Å². The number of amides is 2. The number of hydrazine groups is 1. The summed E-state index contributed by atoms with van der Waals surface area (Å²) in [5.41, 5.74) is 8.12. The van der Waals surface area contributed by atoms with Crippen LogP contribution in [0.5, 0.6) is 0 Å². The highest BCUT2D eigenvalue weighted by atomic mass is 16.2. The average molecular weight is 392 g/mol. The molecule has 1 heterocycles. The van der Waals surface area contributed by atoms with Crippen molar-refractivity contribution in [3.63, 3.8) is 0 Å². The summed E-state index contributed by atoms with van der Waals surface area (Å²) in [5, 5.41) is 0. The molecule has 7 heteroatoms. The van der Waals surface area contributed by atoms with Crippen LogP contribution < -0.4 is 10.9 Å². The minimum atomic E-state index is -0.412. The first-order valence-corrected chi connectivity index (χ1v) is 9.59. The average Bonchev–Trinajstić information content (AvgIpc) is 3.08. The molecule has 29 heavy (non-hydrogen) atoms. The van der Waals surface area contributed by atoms with Crippen LogP contribution in [0.1, 0.15) is 41.5 Å². The number of hydrogen-bond acceptors (Lipinski definition) is 4. The highest BCUT2D eigenvalue weighted by molar-refractivity contribution is 5.98. The molecule has 0 fully saturated rings. The molecule has 0 aliphatic carbocycles. The van der Waals surface area contributed by atoms with Crippen LogP contribution in [0.3, 0.4) is 0 Å².